The van der Waals surface area contributed by atoms with Crippen LogP contribution >= 0.6 is 0 Å². The zero-order valence-corrected chi connectivity index (χ0v) is 8.16. The van der Waals surface area contributed by atoms with Gasteiger partial charge in [-0.2, -0.15) is 0 Å². The molecule has 0 bridgehead atoms. The van der Waals surface area contributed by atoms with E-state index in [2.05, 4.69) is 4.90 Å². The number of ether oxygens (including phenoxy) is 1. The van der Waals surface area contributed by atoms with Gasteiger partial charge in [0.2, 0.25) is 0 Å². The predicted octanol–water partition coefficient (Wildman–Crippen LogP) is 1.03. The smallest absolute Gasteiger partial charge is 0.307 e. The molecule has 3 heteroatoms. The third-order valence-corrected chi connectivity index (χ3v) is 2.78. The van der Waals surface area contributed by atoms with E-state index in [1.54, 1.807) is 0 Å². The quantitative estimate of drug-likeness (QED) is 0.471. The molecule has 1 aliphatic heterocycles. The first-order chi connectivity index (χ1) is 6.25. The highest BCUT2D eigenvalue weighted by Gasteiger charge is 2.30. The molecule has 1 unspecified atom stereocenters. The summed E-state index contributed by atoms with van der Waals surface area (Å²) in [6, 6.07) is 0. The van der Waals surface area contributed by atoms with Crippen LogP contribution in [0.3, 0.4) is 0 Å². The molecule has 13 heavy (non-hydrogen) atoms. The van der Waals surface area contributed by atoms with Crippen molar-refractivity contribution in [3.05, 3.63) is 0 Å². The van der Waals surface area contributed by atoms with E-state index in [9.17, 15) is 4.79 Å². The van der Waals surface area contributed by atoms with Gasteiger partial charge in [-0.1, -0.05) is 0 Å². The molecule has 1 heterocycles. The van der Waals surface area contributed by atoms with Crippen molar-refractivity contribution < 1.29 is 9.53 Å². The Hall–Kier alpha value is -0.570. The maximum atomic E-state index is 11.3. The molecule has 1 saturated heterocycles. The van der Waals surface area contributed by atoms with Gasteiger partial charge in [0, 0.05) is 19.6 Å². The van der Waals surface area contributed by atoms with Crippen LogP contribution in [-0.2, 0) is 9.53 Å². The summed E-state index contributed by atoms with van der Waals surface area (Å²) in [5.74, 6) is 0.636. The number of rotatable bonds is 5. The molecule has 2 aliphatic rings. The second-order valence-electron chi connectivity index (χ2n) is 4.12. The maximum Gasteiger partial charge on any atom is 0.307 e. The topological polar surface area (TPSA) is 29.3 Å². The van der Waals surface area contributed by atoms with Gasteiger partial charge < -0.3 is 9.64 Å². The van der Waals surface area contributed by atoms with Gasteiger partial charge >= 0.3 is 5.97 Å². The van der Waals surface area contributed by atoms with E-state index in [0.29, 0.717) is 12.3 Å². The van der Waals surface area contributed by atoms with Gasteiger partial charge in [-0.25, -0.2) is 0 Å². The molecule has 2 rings (SSSR count). The van der Waals surface area contributed by atoms with Crippen LogP contribution < -0.4 is 0 Å². The Kier molecular flexibility index (Phi) is 2.54. The first-order valence-corrected chi connectivity index (χ1v) is 5.17. The Bertz CT molecular complexity index is 197. The number of carbonyl (C=O) groups is 1. The summed E-state index contributed by atoms with van der Waals surface area (Å²) in [6.07, 6.45) is 3.19. The van der Waals surface area contributed by atoms with Gasteiger partial charge in [0.25, 0.3) is 0 Å². The zero-order valence-electron chi connectivity index (χ0n) is 8.16. The standard InChI is InChI=1S/C10H17NO2/c1-8(9-2-3-9)13-10(12)4-5-11-6-7-11/h8-9H,2-7H2,1H3. The summed E-state index contributed by atoms with van der Waals surface area (Å²) < 4.78 is 5.29. The molecule has 0 aromatic carbocycles. The summed E-state index contributed by atoms with van der Waals surface area (Å²) >= 11 is 0. The van der Waals surface area contributed by atoms with Gasteiger partial charge in [-0.15, -0.1) is 0 Å². The molecular formula is C10H17NO2. The van der Waals surface area contributed by atoms with Crippen LogP contribution in [0.1, 0.15) is 26.2 Å². The Balaban J connectivity index is 1.58. The van der Waals surface area contributed by atoms with Crippen molar-refractivity contribution in [1.82, 2.24) is 4.90 Å². The van der Waals surface area contributed by atoms with Crippen molar-refractivity contribution in [3.63, 3.8) is 0 Å². The van der Waals surface area contributed by atoms with Crippen LogP contribution in [0.5, 0.6) is 0 Å². The second kappa shape index (κ2) is 3.66. The van der Waals surface area contributed by atoms with Crippen molar-refractivity contribution >= 4 is 5.97 Å². The summed E-state index contributed by atoms with van der Waals surface area (Å²) in [5.41, 5.74) is 0. The largest absolute Gasteiger partial charge is 0.462 e. The molecule has 1 aliphatic carbocycles. The average molecular weight is 183 g/mol. The van der Waals surface area contributed by atoms with Crippen molar-refractivity contribution in [1.29, 1.82) is 0 Å². The molecule has 0 aromatic heterocycles. The van der Waals surface area contributed by atoms with E-state index in [1.807, 2.05) is 6.92 Å². The molecule has 1 saturated carbocycles. The lowest BCUT2D eigenvalue weighted by Crippen LogP contribution is -2.18. The van der Waals surface area contributed by atoms with Gasteiger partial charge in [-0.05, 0) is 25.7 Å². The lowest BCUT2D eigenvalue weighted by molar-refractivity contribution is -0.149. The summed E-state index contributed by atoms with van der Waals surface area (Å²) in [7, 11) is 0. The molecule has 0 amide bonds. The first-order valence-electron chi connectivity index (χ1n) is 5.17. The van der Waals surface area contributed by atoms with Crippen molar-refractivity contribution in [2.24, 2.45) is 5.92 Å². The van der Waals surface area contributed by atoms with E-state index >= 15 is 0 Å². The third-order valence-electron chi connectivity index (χ3n) is 2.78. The van der Waals surface area contributed by atoms with E-state index in [0.717, 1.165) is 19.6 Å². The lowest BCUT2D eigenvalue weighted by atomic mass is 10.3. The number of hydrogen-bond acceptors (Lipinski definition) is 3. The minimum absolute atomic E-state index is 0.0219. The van der Waals surface area contributed by atoms with E-state index in [1.165, 1.54) is 12.8 Å². The Morgan fingerprint density at radius 3 is 2.77 bits per heavy atom. The molecule has 0 aromatic rings. The van der Waals surface area contributed by atoms with E-state index in [4.69, 9.17) is 4.74 Å². The zero-order chi connectivity index (χ0) is 9.26. The normalized spacial score (nSPS) is 24.1. The Morgan fingerprint density at radius 2 is 2.23 bits per heavy atom. The minimum atomic E-state index is -0.0219. The highest BCUT2D eigenvalue weighted by molar-refractivity contribution is 5.69. The molecule has 1 atom stereocenters. The maximum absolute atomic E-state index is 11.3. The SMILES string of the molecule is CC(OC(=O)CCN1CC1)C1CC1. The number of hydrogen-bond donors (Lipinski definition) is 0. The third kappa shape index (κ3) is 2.99. The minimum Gasteiger partial charge on any atom is -0.462 e. The fourth-order valence-corrected chi connectivity index (χ4v) is 1.47. The van der Waals surface area contributed by atoms with Gasteiger partial charge in [-0.3, -0.25) is 4.79 Å². The average Bonchev–Trinajstić information content (AvgIpc) is 2.93. The van der Waals surface area contributed by atoms with Gasteiger partial charge in [0.15, 0.2) is 0 Å². The van der Waals surface area contributed by atoms with E-state index < -0.39 is 0 Å². The fourth-order valence-electron chi connectivity index (χ4n) is 1.47. The van der Waals surface area contributed by atoms with Gasteiger partial charge in [0.05, 0.1) is 6.42 Å². The first kappa shape index (κ1) is 9.00. The Morgan fingerprint density at radius 1 is 1.54 bits per heavy atom. The molecule has 0 N–H and O–H groups in total. The highest BCUT2D eigenvalue weighted by Crippen LogP contribution is 2.34. The highest BCUT2D eigenvalue weighted by atomic mass is 16.5. The monoisotopic (exact) mass is 183 g/mol. The molecule has 0 spiro atoms. The van der Waals surface area contributed by atoms with Crippen molar-refractivity contribution in [2.75, 3.05) is 19.6 Å². The second-order valence-corrected chi connectivity index (χ2v) is 4.12. The van der Waals surface area contributed by atoms with Crippen LogP contribution in [0, 0.1) is 5.92 Å². The number of carbonyl (C=O) groups excluding carboxylic acids is 1. The lowest BCUT2D eigenvalue weighted by Gasteiger charge is -2.11. The van der Waals surface area contributed by atoms with Crippen LogP contribution in [0.15, 0.2) is 0 Å². The van der Waals surface area contributed by atoms with Crippen LogP contribution in [0.25, 0.3) is 0 Å². The summed E-state index contributed by atoms with van der Waals surface area (Å²) in [6.45, 7) is 5.21. The van der Waals surface area contributed by atoms with Crippen molar-refractivity contribution in [3.8, 4) is 0 Å². The number of esters is 1. The number of nitrogens with zero attached hydrogens (tertiary/aromatic N) is 1. The van der Waals surface area contributed by atoms with Crippen LogP contribution in [0.2, 0.25) is 0 Å². The van der Waals surface area contributed by atoms with E-state index in [-0.39, 0.29) is 12.1 Å². The van der Waals surface area contributed by atoms with Crippen molar-refractivity contribution in [2.45, 2.75) is 32.3 Å². The van der Waals surface area contributed by atoms with Gasteiger partial charge in [0.1, 0.15) is 6.10 Å². The fraction of sp³-hybridized carbons (Fsp3) is 0.900. The molecular weight excluding hydrogens is 166 g/mol. The molecule has 3 nitrogen and oxygen atoms in total. The molecule has 2 fully saturated rings. The summed E-state index contributed by atoms with van der Waals surface area (Å²) in [5, 5.41) is 0. The molecule has 0 radical (unpaired) electrons. The molecule has 74 valence electrons. The van der Waals surface area contributed by atoms with Crippen LogP contribution in [0.4, 0.5) is 0 Å². The predicted molar refractivity (Wildman–Crippen MR) is 49.3 cm³/mol. The Labute approximate surface area is 79.0 Å². The summed E-state index contributed by atoms with van der Waals surface area (Å²) in [4.78, 5) is 13.5. The van der Waals surface area contributed by atoms with Crippen LogP contribution in [-0.4, -0.2) is 36.6 Å².